The van der Waals surface area contributed by atoms with E-state index in [0.717, 1.165) is 34.6 Å². The fourth-order valence-electron chi connectivity index (χ4n) is 3.65. The fraction of sp³-hybridized carbons (Fsp3) is 0.409. The van der Waals surface area contributed by atoms with Gasteiger partial charge in [-0.15, -0.1) is 0 Å². The molecule has 1 amide bonds. The molecule has 0 radical (unpaired) electrons. The zero-order valence-electron chi connectivity index (χ0n) is 17.3. The molecule has 6 heteroatoms. The number of hydrogen-bond acceptors (Lipinski definition) is 4. The number of nitrogens with one attached hydrogen (secondary N) is 1. The zero-order chi connectivity index (χ0) is 20.6. The topological polar surface area (TPSA) is 77.1 Å². The van der Waals surface area contributed by atoms with Crippen molar-refractivity contribution < 1.29 is 9.21 Å². The van der Waals surface area contributed by atoms with Crippen molar-refractivity contribution in [3.63, 3.8) is 0 Å². The summed E-state index contributed by atoms with van der Waals surface area (Å²) in [6.07, 6.45) is 0.707. The molecule has 0 aliphatic carbocycles. The second kappa shape index (κ2) is 7.62. The van der Waals surface area contributed by atoms with E-state index in [2.05, 4.69) is 10.4 Å². The summed E-state index contributed by atoms with van der Waals surface area (Å²) in [5.41, 5.74) is 5.21. The molecule has 0 fully saturated rings. The van der Waals surface area contributed by atoms with Crippen LogP contribution in [0.4, 0.5) is 0 Å². The molecule has 0 unspecified atom stereocenters. The number of hydrogen-bond donors (Lipinski definition) is 1. The molecule has 0 aliphatic rings. The second-order valence-electron chi connectivity index (χ2n) is 7.24. The Morgan fingerprint density at radius 1 is 1.14 bits per heavy atom. The van der Waals surface area contributed by atoms with Crippen molar-refractivity contribution in [3.05, 3.63) is 62.3 Å². The highest BCUT2D eigenvalue weighted by Crippen LogP contribution is 2.25. The average Bonchev–Trinajstić information content (AvgIpc) is 2.94. The van der Waals surface area contributed by atoms with Gasteiger partial charge in [-0.05, 0) is 64.3 Å². The summed E-state index contributed by atoms with van der Waals surface area (Å²) in [7, 11) is 0. The van der Waals surface area contributed by atoms with Gasteiger partial charge in [0.05, 0.1) is 17.1 Å². The number of aromatic nitrogens is 2. The van der Waals surface area contributed by atoms with Crippen molar-refractivity contribution in [2.45, 2.75) is 60.5 Å². The summed E-state index contributed by atoms with van der Waals surface area (Å²) in [6.45, 7) is 12.7. The van der Waals surface area contributed by atoms with Gasteiger partial charge in [-0.25, -0.2) is 0 Å². The van der Waals surface area contributed by atoms with Crippen molar-refractivity contribution in [1.82, 2.24) is 15.1 Å². The number of fused-ring (bicyclic) bond motifs is 1. The monoisotopic (exact) mass is 381 g/mol. The number of nitrogens with zero attached hydrogens (tertiary/aromatic N) is 2. The third-order valence-electron chi connectivity index (χ3n) is 5.37. The summed E-state index contributed by atoms with van der Waals surface area (Å²) >= 11 is 0. The van der Waals surface area contributed by atoms with Gasteiger partial charge in [-0.3, -0.25) is 14.3 Å². The van der Waals surface area contributed by atoms with E-state index < -0.39 is 5.91 Å². The largest absolute Gasteiger partial charge is 0.451 e. The molecule has 0 saturated heterocycles. The van der Waals surface area contributed by atoms with Crippen LogP contribution < -0.4 is 10.7 Å². The Bertz CT molecular complexity index is 1110. The predicted molar refractivity (Wildman–Crippen MR) is 110 cm³/mol. The van der Waals surface area contributed by atoms with E-state index in [4.69, 9.17) is 4.42 Å². The van der Waals surface area contributed by atoms with Gasteiger partial charge in [-0.1, -0.05) is 6.92 Å². The van der Waals surface area contributed by atoms with Gasteiger partial charge in [0, 0.05) is 23.9 Å². The van der Waals surface area contributed by atoms with E-state index in [1.165, 1.54) is 6.07 Å². The first kappa shape index (κ1) is 19.9. The fourth-order valence-corrected chi connectivity index (χ4v) is 3.65. The van der Waals surface area contributed by atoms with Crippen LogP contribution in [-0.4, -0.2) is 15.7 Å². The van der Waals surface area contributed by atoms with E-state index >= 15 is 0 Å². The second-order valence-corrected chi connectivity index (χ2v) is 7.24. The van der Waals surface area contributed by atoms with Crippen molar-refractivity contribution in [1.29, 1.82) is 0 Å². The molecule has 1 aromatic carbocycles. The van der Waals surface area contributed by atoms with Crippen LogP contribution >= 0.6 is 0 Å². The Kier molecular flexibility index (Phi) is 5.40. The van der Waals surface area contributed by atoms with Crippen LogP contribution in [0.25, 0.3) is 11.0 Å². The molecule has 0 spiro atoms. The maximum atomic E-state index is 12.9. The van der Waals surface area contributed by atoms with Gasteiger partial charge < -0.3 is 9.73 Å². The van der Waals surface area contributed by atoms with Crippen LogP contribution in [-0.2, 0) is 6.54 Å². The maximum Gasteiger partial charge on any atom is 0.287 e. The van der Waals surface area contributed by atoms with Crippen molar-refractivity contribution in [2.24, 2.45) is 0 Å². The quantitative estimate of drug-likeness (QED) is 0.721. The smallest absolute Gasteiger partial charge is 0.287 e. The first-order valence-corrected chi connectivity index (χ1v) is 9.66. The minimum absolute atomic E-state index is 0.0254. The number of carbonyl (C=O) groups excluding carboxylic acids is 1. The van der Waals surface area contributed by atoms with Crippen LogP contribution in [0.2, 0.25) is 0 Å². The molecule has 148 valence electrons. The Hall–Kier alpha value is -2.89. The van der Waals surface area contributed by atoms with Crippen LogP contribution in [0, 0.1) is 27.7 Å². The molecule has 2 heterocycles. The molecule has 28 heavy (non-hydrogen) atoms. The highest BCUT2D eigenvalue weighted by molar-refractivity contribution is 5.93. The lowest BCUT2D eigenvalue weighted by molar-refractivity contribution is 0.0908. The van der Waals surface area contributed by atoms with Gasteiger partial charge in [0.25, 0.3) is 5.91 Å². The lowest BCUT2D eigenvalue weighted by Gasteiger charge is -2.18. The van der Waals surface area contributed by atoms with Crippen molar-refractivity contribution in [3.8, 4) is 0 Å². The molecule has 0 saturated carbocycles. The Balaban J connectivity index is 1.97. The van der Waals surface area contributed by atoms with Crippen LogP contribution in [0.1, 0.15) is 64.9 Å². The molecule has 0 aliphatic heterocycles. The Morgan fingerprint density at radius 2 is 1.82 bits per heavy atom. The lowest BCUT2D eigenvalue weighted by atomic mass is 10.0. The average molecular weight is 381 g/mol. The minimum Gasteiger partial charge on any atom is -0.451 e. The van der Waals surface area contributed by atoms with E-state index in [9.17, 15) is 9.59 Å². The molecule has 0 bridgehead atoms. The number of rotatable bonds is 5. The highest BCUT2D eigenvalue weighted by atomic mass is 16.3. The van der Waals surface area contributed by atoms with E-state index in [1.54, 1.807) is 12.1 Å². The SMILES string of the molecule is CC[C@@H](NC(=O)c1cc(=O)c2cc(C)c(C)cc2o1)c1c(C)nn(CC)c1C. The molecular weight excluding hydrogens is 354 g/mol. The normalized spacial score (nSPS) is 12.4. The first-order valence-electron chi connectivity index (χ1n) is 9.66. The Labute approximate surface area is 164 Å². The standard InChI is InChI=1S/C22H27N3O3/c1-7-17(21-14(5)24-25(8-2)15(21)6)23-22(27)20-11-18(26)16-9-12(3)13(4)10-19(16)28-20/h9-11,17H,7-8H2,1-6H3,(H,23,27)/t17-/m1/s1. The van der Waals surface area contributed by atoms with Crippen LogP contribution in [0.3, 0.4) is 0 Å². The first-order chi connectivity index (χ1) is 13.3. The molecule has 3 rings (SSSR count). The van der Waals surface area contributed by atoms with E-state index in [1.807, 2.05) is 46.2 Å². The number of benzene rings is 1. The molecule has 2 aromatic heterocycles. The van der Waals surface area contributed by atoms with E-state index in [-0.39, 0.29) is 17.2 Å². The van der Waals surface area contributed by atoms with Crippen LogP contribution in [0.15, 0.2) is 27.4 Å². The maximum absolute atomic E-state index is 12.9. The summed E-state index contributed by atoms with van der Waals surface area (Å²) < 4.78 is 7.71. The van der Waals surface area contributed by atoms with Crippen LogP contribution in [0.5, 0.6) is 0 Å². The number of carbonyl (C=O) groups is 1. The summed E-state index contributed by atoms with van der Waals surface area (Å²) in [5.74, 6) is -0.371. The summed E-state index contributed by atoms with van der Waals surface area (Å²) in [6, 6.07) is 4.68. The minimum atomic E-state index is -0.396. The highest BCUT2D eigenvalue weighted by Gasteiger charge is 2.23. The molecule has 1 N–H and O–H groups in total. The summed E-state index contributed by atoms with van der Waals surface area (Å²) in [5, 5.41) is 8.04. The van der Waals surface area contributed by atoms with Gasteiger partial charge in [-0.2, -0.15) is 5.10 Å². The number of aryl methyl sites for hydroxylation is 4. The summed E-state index contributed by atoms with van der Waals surface area (Å²) in [4.78, 5) is 25.4. The molecular formula is C22H27N3O3. The van der Waals surface area contributed by atoms with Crippen molar-refractivity contribution >= 4 is 16.9 Å². The van der Waals surface area contributed by atoms with Gasteiger partial charge in [0.15, 0.2) is 11.2 Å². The predicted octanol–water partition coefficient (Wildman–Crippen LogP) is 4.12. The molecule has 1 atom stereocenters. The zero-order valence-corrected chi connectivity index (χ0v) is 17.3. The van der Waals surface area contributed by atoms with E-state index in [0.29, 0.717) is 17.4 Å². The number of amides is 1. The van der Waals surface area contributed by atoms with Gasteiger partial charge in [0.2, 0.25) is 0 Å². The molecule has 6 nitrogen and oxygen atoms in total. The van der Waals surface area contributed by atoms with Crippen molar-refractivity contribution in [2.75, 3.05) is 0 Å². The van der Waals surface area contributed by atoms with Gasteiger partial charge >= 0.3 is 0 Å². The third kappa shape index (κ3) is 3.46. The lowest BCUT2D eigenvalue weighted by Crippen LogP contribution is -2.29. The third-order valence-corrected chi connectivity index (χ3v) is 5.37. The van der Waals surface area contributed by atoms with Gasteiger partial charge in [0.1, 0.15) is 5.58 Å². The molecule has 3 aromatic rings. The Morgan fingerprint density at radius 3 is 2.43 bits per heavy atom.